The number of methoxy groups -OCH3 is 1. The quantitative estimate of drug-likeness (QED) is 0.267. The molecule has 0 unspecified atom stereocenters. The first kappa shape index (κ1) is 22.9. The number of halogens is 3. The van der Waals surface area contributed by atoms with Gasteiger partial charge in [-0.25, -0.2) is 13.2 Å². The normalized spacial score (nSPS) is 11.2. The highest BCUT2D eigenvalue weighted by Crippen LogP contribution is 2.31. The van der Waals surface area contributed by atoms with Gasteiger partial charge in [0.2, 0.25) is 0 Å². The summed E-state index contributed by atoms with van der Waals surface area (Å²) in [4.78, 5) is 0. The fourth-order valence-corrected chi connectivity index (χ4v) is 3.05. The van der Waals surface area contributed by atoms with Crippen LogP contribution in [0.1, 0.15) is 11.1 Å². The van der Waals surface area contributed by atoms with E-state index in [2.05, 4.69) is 13.2 Å². The molecule has 32 heavy (non-hydrogen) atoms. The largest absolute Gasteiger partial charge is 0.494 e. The molecule has 0 spiro atoms. The summed E-state index contributed by atoms with van der Waals surface area (Å²) < 4.78 is 53.3. The minimum Gasteiger partial charge on any atom is -0.494 e. The second kappa shape index (κ2) is 10.1. The molecule has 0 amide bonds. The van der Waals surface area contributed by atoms with Crippen LogP contribution in [0.4, 0.5) is 13.2 Å². The summed E-state index contributed by atoms with van der Waals surface area (Å²) in [6.07, 6.45) is 1.08. The van der Waals surface area contributed by atoms with Gasteiger partial charge in [0.05, 0.1) is 7.11 Å². The first-order valence-corrected chi connectivity index (χ1v) is 9.86. The lowest BCUT2D eigenvalue weighted by Crippen LogP contribution is -1.95. The third-order valence-electron chi connectivity index (χ3n) is 4.93. The van der Waals surface area contributed by atoms with Crippen LogP contribution in [-0.4, -0.2) is 7.11 Å². The number of rotatable bonds is 8. The average Bonchev–Trinajstić information content (AvgIpc) is 2.80. The minimum atomic E-state index is -0.903. The third kappa shape index (κ3) is 5.30. The maximum atomic E-state index is 14.8. The van der Waals surface area contributed by atoms with E-state index in [1.54, 1.807) is 48.5 Å². The SMILES string of the molecule is C=C(/C=C(/F)C(=C)OC)OCc1ccc(-c2ccc(-c3ccc(C)cc3)c(F)c2F)cc1. The number of hydrogen-bond acceptors (Lipinski definition) is 2. The van der Waals surface area contributed by atoms with Crippen molar-refractivity contribution < 1.29 is 22.6 Å². The van der Waals surface area contributed by atoms with Gasteiger partial charge in [0.1, 0.15) is 18.1 Å². The first-order chi connectivity index (χ1) is 15.3. The summed E-state index contributed by atoms with van der Waals surface area (Å²) in [7, 11) is 1.31. The van der Waals surface area contributed by atoms with Gasteiger partial charge >= 0.3 is 0 Å². The number of benzene rings is 3. The molecule has 0 radical (unpaired) electrons. The molecule has 0 bridgehead atoms. The van der Waals surface area contributed by atoms with E-state index in [1.165, 1.54) is 7.11 Å². The van der Waals surface area contributed by atoms with Crippen molar-refractivity contribution in [1.82, 2.24) is 0 Å². The van der Waals surface area contributed by atoms with E-state index in [1.807, 2.05) is 19.1 Å². The molecule has 3 rings (SSSR count). The highest BCUT2D eigenvalue weighted by atomic mass is 19.2. The van der Waals surface area contributed by atoms with Crippen molar-refractivity contribution in [3.8, 4) is 22.3 Å². The van der Waals surface area contributed by atoms with Crippen LogP contribution in [-0.2, 0) is 16.1 Å². The van der Waals surface area contributed by atoms with Gasteiger partial charge < -0.3 is 9.47 Å². The molecule has 0 aromatic heterocycles. The van der Waals surface area contributed by atoms with Crippen molar-refractivity contribution in [1.29, 1.82) is 0 Å². The van der Waals surface area contributed by atoms with Gasteiger partial charge in [-0.15, -0.1) is 0 Å². The molecule has 3 aromatic carbocycles. The Morgan fingerprint density at radius 2 is 1.34 bits per heavy atom. The van der Waals surface area contributed by atoms with Gasteiger partial charge in [-0.05, 0) is 23.6 Å². The van der Waals surface area contributed by atoms with Crippen molar-refractivity contribution in [2.75, 3.05) is 7.11 Å². The van der Waals surface area contributed by atoms with E-state index in [4.69, 9.17) is 9.47 Å². The maximum absolute atomic E-state index is 14.8. The first-order valence-electron chi connectivity index (χ1n) is 9.86. The summed E-state index contributed by atoms with van der Waals surface area (Å²) >= 11 is 0. The van der Waals surface area contributed by atoms with Crippen molar-refractivity contribution in [2.45, 2.75) is 13.5 Å². The lowest BCUT2D eigenvalue weighted by molar-refractivity contribution is 0.210. The van der Waals surface area contributed by atoms with Gasteiger partial charge in [-0.2, -0.15) is 0 Å². The molecule has 164 valence electrons. The summed E-state index contributed by atoms with van der Waals surface area (Å²) in [5.74, 6) is -2.49. The van der Waals surface area contributed by atoms with Gasteiger partial charge in [0.15, 0.2) is 17.5 Å². The maximum Gasteiger partial charge on any atom is 0.168 e. The molecule has 0 aliphatic carbocycles. The van der Waals surface area contributed by atoms with E-state index < -0.39 is 17.5 Å². The Balaban J connectivity index is 1.73. The van der Waals surface area contributed by atoms with E-state index in [-0.39, 0.29) is 29.3 Å². The second-order valence-corrected chi connectivity index (χ2v) is 7.23. The van der Waals surface area contributed by atoms with Crippen LogP contribution in [0.25, 0.3) is 22.3 Å². The van der Waals surface area contributed by atoms with Crippen LogP contribution in [0, 0.1) is 18.6 Å². The summed E-state index contributed by atoms with van der Waals surface area (Å²) in [5, 5.41) is 0. The van der Waals surface area contributed by atoms with E-state index in [0.29, 0.717) is 11.1 Å². The molecule has 0 saturated heterocycles. The molecule has 0 aliphatic rings. The fraction of sp³-hybridized carbons (Fsp3) is 0.111. The zero-order valence-electron chi connectivity index (χ0n) is 17.9. The number of ether oxygens (including phenoxy) is 2. The van der Waals surface area contributed by atoms with E-state index in [0.717, 1.165) is 17.2 Å². The topological polar surface area (TPSA) is 18.5 Å². The van der Waals surface area contributed by atoms with Crippen LogP contribution < -0.4 is 0 Å². The smallest absolute Gasteiger partial charge is 0.168 e. The van der Waals surface area contributed by atoms with Crippen LogP contribution in [0.5, 0.6) is 0 Å². The molecule has 0 heterocycles. The van der Waals surface area contributed by atoms with Gasteiger partial charge in [0.25, 0.3) is 0 Å². The molecule has 0 atom stereocenters. The molecular formula is C27H23F3O2. The summed E-state index contributed by atoms with van der Waals surface area (Å²) in [6, 6.07) is 17.2. The summed E-state index contributed by atoms with van der Waals surface area (Å²) in [5.41, 5.74) is 3.32. The number of hydrogen-bond donors (Lipinski definition) is 0. The molecule has 2 nitrogen and oxygen atoms in total. The number of allylic oxidation sites excluding steroid dienone is 2. The molecule has 0 saturated carbocycles. The monoisotopic (exact) mass is 436 g/mol. The van der Waals surface area contributed by atoms with Gasteiger partial charge in [-0.3, -0.25) is 0 Å². The van der Waals surface area contributed by atoms with Gasteiger partial charge in [0, 0.05) is 17.2 Å². The molecule has 0 N–H and O–H groups in total. The van der Waals surface area contributed by atoms with Crippen molar-refractivity contribution in [3.05, 3.63) is 120 Å². The van der Waals surface area contributed by atoms with Crippen LogP contribution in [0.15, 0.2) is 97.2 Å². The Hall–Kier alpha value is -3.73. The van der Waals surface area contributed by atoms with Crippen LogP contribution >= 0.6 is 0 Å². The molecular weight excluding hydrogens is 413 g/mol. The van der Waals surface area contributed by atoms with Crippen molar-refractivity contribution in [3.63, 3.8) is 0 Å². The highest BCUT2D eigenvalue weighted by Gasteiger charge is 2.16. The molecule has 0 fully saturated rings. The second-order valence-electron chi connectivity index (χ2n) is 7.23. The predicted molar refractivity (Wildman–Crippen MR) is 121 cm³/mol. The van der Waals surface area contributed by atoms with Crippen LogP contribution in [0.2, 0.25) is 0 Å². The predicted octanol–water partition coefficient (Wildman–Crippen LogP) is 7.65. The lowest BCUT2D eigenvalue weighted by Gasteiger charge is -2.11. The molecule has 5 heteroatoms. The molecule has 0 aliphatic heterocycles. The van der Waals surface area contributed by atoms with Crippen LogP contribution in [0.3, 0.4) is 0 Å². The minimum absolute atomic E-state index is 0.101. The van der Waals surface area contributed by atoms with Crippen molar-refractivity contribution in [2.24, 2.45) is 0 Å². The lowest BCUT2D eigenvalue weighted by atomic mass is 9.98. The van der Waals surface area contributed by atoms with E-state index in [9.17, 15) is 13.2 Å². The fourth-order valence-electron chi connectivity index (χ4n) is 3.05. The Morgan fingerprint density at radius 3 is 1.84 bits per heavy atom. The average molecular weight is 436 g/mol. The van der Waals surface area contributed by atoms with Crippen molar-refractivity contribution >= 4 is 0 Å². The highest BCUT2D eigenvalue weighted by molar-refractivity contribution is 5.72. The Kier molecular flexibility index (Phi) is 7.21. The third-order valence-corrected chi connectivity index (χ3v) is 4.93. The van der Waals surface area contributed by atoms with Gasteiger partial charge in [-0.1, -0.05) is 79.4 Å². The zero-order chi connectivity index (χ0) is 23.3. The summed E-state index contributed by atoms with van der Waals surface area (Å²) in [6.45, 7) is 9.09. The number of aryl methyl sites for hydroxylation is 1. The zero-order valence-corrected chi connectivity index (χ0v) is 17.9. The Morgan fingerprint density at radius 1 is 0.844 bits per heavy atom. The Bertz CT molecular complexity index is 1160. The molecule has 3 aromatic rings. The Labute approximate surface area is 185 Å². The standard InChI is InChI=1S/C27H23F3O2/c1-17-5-9-21(10-6-17)23-13-14-24(27(30)26(23)29)22-11-7-20(8-12-22)16-32-18(2)15-25(28)19(3)31-4/h5-15H,2-3,16H2,1,4H3/b25-15+. The van der Waals surface area contributed by atoms with E-state index >= 15 is 0 Å².